The fourth-order valence-electron chi connectivity index (χ4n) is 13.3. The summed E-state index contributed by atoms with van der Waals surface area (Å²) >= 11 is -4.34. The molecule has 0 atom stereocenters. The summed E-state index contributed by atoms with van der Waals surface area (Å²) in [6, 6.07) is 34.0. The summed E-state index contributed by atoms with van der Waals surface area (Å²) in [5.74, 6) is -39.8. The minimum Gasteiger partial charge on any atom is -0.0552 e. The molecule has 0 spiro atoms. The van der Waals surface area contributed by atoms with Crippen LogP contribution in [-0.2, 0) is 40.1 Å². The predicted molar refractivity (Wildman–Crippen MR) is 388 cm³/mol. The molecule has 0 saturated carbocycles. The first-order valence-electron chi connectivity index (χ1n) is 32.3. The normalized spacial score (nSPS) is 12.7. The van der Waals surface area contributed by atoms with Crippen molar-refractivity contribution in [1.82, 2.24) is 0 Å². The van der Waals surface area contributed by atoms with E-state index in [0.29, 0.717) is 66.8 Å². The quantitative estimate of drug-likeness (QED) is 0.0293. The van der Waals surface area contributed by atoms with Gasteiger partial charge in [-0.15, -0.1) is 0 Å². The summed E-state index contributed by atoms with van der Waals surface area (Å²) in [5.41, 5.74) is 5.84. The van der Waals surface area contributed by atoms with Gasteiger partial charge in [0, 0.05) is 0 Å². The molecule has 0 aromatic heterocycles. The van der Waals surface area contributed by atoms with Gasteiger partial charge in [-0.1, -0.05) is 70.8 Å². The second kappa shape index (κ2) is 30.7. The standard InChI is InChI=1S/C78H60F15IO11S5/c1-37-29-41(5)72(42(6)30-37)106(73-43(7)31-38(2)32-44(73)8,104-109(97,98)77-68(90)62(84)58(80)63(85)69(77)91)55-25-21-53(22-26-55)101-51-17-13-49(14-18-51)94(103-108(95,96)76-66(88)60(82)57(79)61(83)67(76)89)50-15-19-52(20-16-50)102-54-23-27-56(28-24-54)107(74-45(9)33-39(3)34-46(74)10,75-47(11)35-40(4)36-48(75)12)105-110(99,100)78-70(92)64(86)59(81)65(87)71(78)93/h13-36H,1-12H3. The first-order chi connectivity index (χ1) is 51.4. The van der Waals surface area contributed by atoms with E-state index < -0.39 is 173 Å². The minimum atomic E-state index is -6.04. The Morgan fingerprint density at radius 2 is 0.418 bits per heavy atom. The summed E-state index contributed by atoms with van der Waals surface area (Å²) in [7, 11) is -26.0. The molecule has 0 unspecified atom stereocenters. The minimum absolute atomic E-state index is 0.00924. The molecule has 11 rings (SSSR count). The van der Waals surface area contributed by atoms with E-state index in [9.17, 15) is 64.8 Å². The van der Waals surface area contributed by atoms with Gasteiger partial charge in [0.1, 0.15) is 0 Å². The van der Waals surface area contributed by atoms with Gasteiger partial charge in [-0.3, -0.25) is 0 Å². The molecular weight excluding hydrogens is 1690 g/mol. The second-order valence-corrected chi connectivity index (χ2v) is 40.5. The van der Waals surface area contributed by atoms with Crippen LogP contribution in [0.5, 0.6) is 23.0 Å². The number of hydrogen-bond acceptors (Lipinski definition) is 11. The van der Waals surface area contributed by atoms with E-state index in [4.69, 9.17) is 19.2 Å². The fourth-order valence-corrected chi connectivity index (χ4v) is 32.4. The Morgan fingerprint density at radius 1 is 0.236 bits per heavy atom. The smallest absolute Gasteiger partial charge is 0.0552 e. The van der Waals surface area contributed by atoms with Crippen LogP contribution in [0.4, 0.5) is 65.9 Å². The van der Waals surface area contributed by atoms with E-state index >= 15 is 26.3 Å². The molecule has 0 heterocycles. The van der Waals surface area contributed by atoms with Gasteiger partial charge in [0.05, 0.1) is 0 Å². The molecule has 32 heteroatoms. The Hall–Kier alpha value is -8.87. The van der Waals surface area contributed by atoms with Gasteiger partial charge in [0.2, 0.25) is 11.6 Å². The fraction of sp³-hybridized carbons (Fsp3) is 0.154. The molecule has 11 aromatic carbocycles. The molecule has 11 aromatic rings. The number of ether oxygens (including phenoxy) is 2. The van der Waals surface area contributed by atoms with Gasteiger partial charge >= 0.3 is 356 Å². The van der Waals surface area contributed by atoms with E-state index in [0.717, 1.165) is 0 Å². The number of aryl methyl sites for hydroxylation is 12. The van der Waals surface area contributed by atoms with E-state index in [-0.39, 0.29) is 59.5 Å². The van der Waals surface area contributed by atoms with Crippen molar-refractivity contribution in [3.8, 4) is 23.0 Å². The van der Waals surface area contributed by atoms with Crippen molar-refractivity contribution in [2.24, 2.45) is 0 Å². The Kier molecular flexibility index (Phi) is 22.9. The van der Waals surface area contributed by atoms with Crippen LogP contribution in [0.2, 0.25) is 0 Å². The molecule has 0 bridgehead atoms. The first-order valence-corrected chi connectivity index (χ1v) is 42.6. The maximum atomic E-state index is 15.7. The zero-order chi connectivity index (χ0) is 80.8. The summed E-state index contributed by atoms with van der Waals surface area (Å²) in [4.78, 5) is -6.18. The third-order valence-corrected chi connectivity index (χ3v) is 36.0. The third kappa shape index (κ3) is 14.8. The molecule has 110 heavy (non-hydrogen) atoms. The summed E-state index contributed by atoms with van der Waals surface area (Å²) in [5, 5.41) is 0. The van der Waals surface area contributed by atoms with Crippen molar-refractivity contribution in [3.05, 3.63) is 307 Å². The summed E-state index contributed by atoms with van der Waals surface area (Å²) in [6.45, 7) is 19.8. The monoisotopic (exact) mass is 1740 g/mol. The van der Waals surface area contributed by atoms with Crippen LogP contribution >= 0.6 is 40.9 Å². The van der Waals surface area contributed by atoms with Crippen molar-refractivity contribution < 1.29 is 110 Å². The van der Waals surface area contributed by atoms with Gasteiger partial charge in [-0.25, -0.2) is 43.9 Å². The van der Waals surface area contributed by atoms with Crippen LogP contribution in [0.1, 0.15) is 66.8 Å². The van der Waals surface area contributed by atoms with E-state index in [1.807, 2.05) is 0 Å². The molecule has 580 valence electrons. The topological polar surface area (TPSA) is 149 Å². The van der Waals surface area contributed by atoms with Crippen LogP contribution in [0, 0.1) is 177 Å². The Balaban J connectivity index is 0.976. The molecule has 0 fully saturated rings. The Morgan fingerprint density at radius 3 is 0.627 bits per heavy atom. The molecule has 0 aliphatic carbocycles. The van der Waals surface area contributed by atoms with Gasteiger partial charge in [0.25, 0.3) is 0 Å². The number of benzene rings is 11. The molecule has 0 saturated heterocycles. The molecular formula is C78H60F15IO11S5. The third-order valence-electron chi connectivity index (χ3n) is 17.2. The van der Waals surface area contributed by atoms with Crippen LogP contribution in [-0.4, -0.2) is 25.3 Å². The van der Waals surface area contributed by atoms with Gasteiger partial charge in [-0.2, -0.15) is 16.8 Å². The SMILES string of the molecule is Cc1cc(C)c(S(OS(=O)(=O)c2c(F)c(F)c(F)c(F)c2F)(c2ccc(Oc3ccc(I(OS(=O)(=O)c4c(F)c(F)c(F)c(F)c4F)c4ccc(Oc5ccc(S(OS(=O)(=O)c6c(F)c(F)c(F)c(F)c6F)(c6c(C)cc(C)cc6C)c6c(C)cc(C)cc6C)cc5)cc4)cc3)cc2)c2c(C)cc(C)cc2C)c(C)c1. The maximum absolute atomic E-state index is 15.7. The summed E-state index contributed by atoms with van der Waals surface area (Å²) in [6.07, 6.45) is 0. The number of hydrogen-bond donors (Lipinski definition) is 0. The Bertz CT molecular complexity index is 5370. The van der Waals surface area contributed by atoms with Crippen molar-refractivity contribution in [3.63, 3.8) is 0 Å². The number of halogens is 16. The van der Waals surface area contributed by atoms with E-state index in [1.54, 1.807) is 132 Å². The van der Waals surface area contributed by atoms with Gasteiger partial charge in [-0.05, 0) is 83.1 Å². The second-order valence-electron chi connectivity index (χ2n) is 25.6. The molecule has 0 aliphatic rings. The van der Waals surface area contributed by atoms with Crippen molar-refractivity contribution in [2.45, 2.75) is 127 Å². The van der Waals surface area contributed by atoms with Crippen molar-refractivity contribution in [2.75, 3.05) is 0 Å². The van der Waals surface area contributed by atoms with Crippen LogP contribution in [0.3, 0.4) is 0 Å². The predicted octanol–water partition coefficient (Wildman–Crippen LogP) is 23.1. The molecule has 0 aliphatic heterocycles. The van der Waals surface area contributed by atoms with E-state index in [2.05, 4.69) is 0 Å². The molecule has 0 radical (unpaired) electrons. The average molecular weight is 1750 g/mol. The van der Waals surface area contributed by atoms with Crippen LogP contribution in [0.15, 0.2) is 190 Å². The van der Waals surface area contributed by atoms with Crippen LogP contribution < -0.4 is 9.47 Å². The first kappa shape index (κ1) is 82.1. The van der Waals surface area contributed by atoms with Gasteiger partial charge in [0.15, 0.2) is 56.3 Å². The molecule has 0 amide bonds. The molecule has 0 N–H and O–H groups in total. The molecule has 11 nitrogen and oxygen atoms in total. The van der Waals surface area contributed by atoms with Gasteiger partial charge < -0.3 is 0 Å². The Labute approximate surface area is 634 Å². The van der Waals surface area contributed by atoms with Crippen molar-refractivity contribution >= 4 is 71.2 Å². The van der Waals surface area contributed by atoms with Crippen LogP contribution in [0.25, 0.3) is 0 Å². The summed E-state index contributed by atoms with van der Waals surface area (Å²) < 4.78 is 343. The van der Waals surface area contributed by atoms with E-state index in [1.165, 1.54) is 97.1 Å². The zero-order valence-electron chi connectivity index (χ0n) is 59.4. The average Bonchev–Trinajstić information content (AvgIpc) is 0.716. The van der Waals surface area contributed by atoms with Crippen molar-refractivity contribution in [1.29, 1.82) is 0 Å². The zero-order valence-corrected chi connectivity index (χ0v) is 65.7. The number of rotatable bonds is 21.